The first kappa shape index (κ1) is 15.6. The second kappa shape index (κ2) is 7.31. The first-order valence-corrected chi connectivity index (χ1v) is 7.42. The summed E-state index contributed by atoms with van der Waals surface area (Å²) in [4.78, 5) is 15.4. The van der Waals surface area contributed by atoms with Gasteiger partial charge in [-0.2, -0.15) is 0 Å². The van der Waals surface area contributed by atoms with Crippen molar-refractivity contribution < 1.29 is 9.53 Å². The lowest BCUT2D eigenvalue weighted by Crippen LogP contribution is -2.47. The zero-order valence-electron chi connectivity index (χ0n) is 13.1. The zero-order chi connectivity index (χ0) is 15.2. The molecule has 1 aliphatic rings. The van der Waals surface area contributed by atoms with Crippen LogP contribution in [0.4, 0.5) is 4.79 Å². The van der Waals surface area contributed by atoms with Gasteiger partial charge in [-0.05, 0) is 30.5 Å². The average Bonchev–Trinajstić information content (AvgIpc) is 2.53. The molecule has 2 amide bonds. The Morgan fingerprint density at radius 2 is 2.10 bits per heavy atom. The number of carbonyl (C=O) groups excluding carboxylic acids is 1. The minimum Gasteiger partial charge on any atom is -0.497 e. The molecular formula is C16H25N3O2. The fourth-order valence-corrected chi connectivity index (χ4v) is 2.60. The molecule has 1 saturated heterocycles. The Labute approximate surface area is 126 Å². The number of nitrogens with zero attached hydrogens (tertiary/aromatic N) is 2. The van der Waals surface area contributed by atoms with Gasteiger partial charge in [0.15, 0.2) is 0 Å². The molecule has 1 aromatic rings. The summed E-state index contributed by atoms with van der Waals surface area (Å²) in [6, 6.07) is 8.70. The molecule has 0 radical (unpaired) electrons. The monoisotopic (exact) mass is 291 g/mol. The summed E-state index contributed by atoms with van der Waals surface area (Å²) >= 11 is 0. The lowest BCUT2D eigenvalue weighted by molar-refractivity contribution is 0.152. The molecule has 0 bridgehead atoms. The third-order valence-electron chi connectivity index (χ3n) is 3.88. The lowest BCUT2D eigenvalue weighted by atomic mass is 10.0. The number of hydrogen-bond acceptors (Lipinski definition) is 3. The molecule has 1 fully saturated rings. The van der Waals surface area contributed by atoms with Crippen LogP contribution < -0.4 is 10.1 Å². The standard InChI is InChI=1S/C16H25N3O2/c1-18(2)16(20)19-9-7-14(8-10-19)17-12-13-5-4-6-15(11-13)21-3/h4-6,11,14,17H,7-10,12H2,1-3H3. The van der Waals surface area contributed by atoms with Crippen LogP contribution in [0.5, 0.6) is 5.75 Å². The number of ether oxygens (including phenoxy) is 1. The van der Waals surface area contributed by atoms with E-state index in [0.29, 0.717) is 6.04 Å². The number of benzene rings is 1. The van der Waals surface area contributed by atoms with Crippen LogP contribution in [0.15, 0.2) is 24.3 Å². The van der Waals surface area contributed by atoms with Crippen molar-refractivity contribution in [3.8, 4) is 5.75 Å². The van der Waals surface area contributed by atoms with Crippen molar-refractivity contribution >= 4 is 6.03 Å². The Morgan fingerprint density at radius 1 is 1.38 bits per heavy atom. The highest BCUT2D eigenvalue weighted by atomic mass is 16.5. The van der Waals surface area contributed by atoms with Gasteiger partial charge in [-0.15, -0.1) is 0 Å². The number of rotatable bonds is 4. The molecule has 2 rings (SSSR count). The molecule has 0 saturated carbocycles. The van der Waals surface area contributed by atoms with Crippen molar-refractivity contribution in [3.63, 3.8) is 0 Å². The number of carbonyl (C=O) groups is 1. The Hall–Kier alpha value is -1.75. The maximum atomic E-state index is 11.9. The summed E-state index contributed by atoms with van der Waals surface area (Å²) in [5.41, 5.74) is 1.22. The van der Waals surface area contributed by atoms with Crippen LogP contribution in [-0.4, -0.2) is 56.2 Å². The van der Waals surface area contributed by atoms with E-state index < -0.39 is 0 Å². The molecule has 1 heterocycles. The summed E-state index contributed by atoms with van der Waals surface area (Å²) in [6.07, 6.45) is 2.01. The SMILES string of the molecule is COc1cccc(CNC2CCN(C(=O)N(C)C)CC2)c1. The smallest absolute Gasteiger partial charge is 0.319 e. The van der Waals surface area contributed by atoms with Gasteiger partial charge in [0.1, 0.15) is 5.75 Å². The predicted octanol–water partition coefficient (Wildman–Crippen LogP) is 1.93. The second-order valence-electron chi connectivity index (χ2n) is 5.67. The number of amides is 2. The molecule has 0 aromatic heterocycles. The average molecular weight is 291 g/mol. The van der Waals surface area contributed by atoms with Crippen LogP contribution in [0.25, 0.3) is 0 Å². The fourth-order valence-electron chi connectivity index (χ4n) is 2.60. The van der Waals surface area contributed by atoms with Gasteiger partial charge in [-0.3, -0.25) is 0 Å². The van der Waals surface area contributed by atoms with Crippen LogP contribution in [0.2, 0.25) is 0 Å². The molecule has 5 heteroatoms. The highest BCUT2D eigenvalue weighted by Gasteiger charge is 2.23. The van der Waals surface area contributed by atoms with Gasteiger partial charge < -0.3 is 19.9 Å². The largest absolute Gasteiger partial charge is 0.497 e. The number of urea groups is 1. The van der Waals surface area contributed by atoms with Crippen LogP contribution in [0.1, 0.15) is 18.4 Å². The first-order chi connectivity index (χ1) is 10.1. The van der Waals surface area contributed by atoms with Crippen molar-refractivity contribution in [2.24, 2.45) is 0 Å². The zero-order valence-corrected chi connectivity index (χ0v) is 13.1. The van der Waals surface area contributed by atoms with Gasteiger partial charge in [0.05, 0.1) is 7.11 Å². The van der Waals surface area contributed by atoms with Crippen LogP contribution in [0, 0.1) is 0 Å². The number of nitrogens with one attached hydrogen (secondary N) is 1. The summed E-state index contributed by atoms with van der Waals surface area (Å²) in [6.45, 7) is 2.49. The summed E-state index contributed by atoms with van der Waals surface area (Å²) in [5.74, 6) is 0.890. The fraction of sp³-hybridized carbons (Fsp3) is 0.562. The van der Waals surface area contributed by atoms with E-state index in [4.69, 9.17) is 4.74 Å². The van der Waals surface area contributed by atoms with Gasteiger partial charge in [0.25, 0.3) is 0 Å². The first-order valence-electron chi connectivity index (χ1n) is 7.42. The summed E-state index contributed by atoms with van der Waals surface area (Å²) in [5, 5.41) is 3.57. The molecule has 0 unspecified atom stereocenters. The maximum absolute atomic E-state index is 11.9. The highest BCUT2D eigenvalue weighted by molar-refractivity contribution is 5.73. The number of methoxy groups -OCH3 is 1. The van der Waals surface area contributed by atoms with Gasteiger partial charge in [0.2, 0.25) is 0 Å². The van der Waals surface area contributed by atoms with E-state index in [-0.39, 0.29) is 6.03 Å². The van der Waals surface area contributed by atoms with Crippen molar-refractivity contribution in [2.45, 2.75) is 25.4 Å². The molecule has 1 aliphatic heterocycles. The molecule has 21 heavy (non-hydrogen) atoms. The van der Waals surface area contributed by atoms with Crippen LogP contribution >= 0.6 is 0 Å². The van der Waals surface area contributed by atoms with Crippen molar-refractivity contribution in [2.75, 3.05) is 34.3 Å². The molecule has 5 nitrogen and oxygen atoms in total. The number of hydrogen-bond donors (Lipinski definition) is 1. The Morgan fingerprint density at radius 3 is 2.71 bits per heavy atom. The van der Waals surface area contributed by atoms with Gasteiger partial charge in [0, 0.05) is 39.8 Å². The molecular weight excluding hydrogens is 266 g/mol. The van der Waals surface area contributed by atoms with E-state index in [1.54, 1.807) is 26.1 Å². The van der Waals surface area contributed by atoms with Crippen molar-refractivity contribution in [3.05, 3.63) is 29.8 Å². The Bertz CT molecular complexity index is 468. The molecule has 0 aliphatic carbocycles. The third kappa shape index (κ3) is 4.36. The second-order valence-corrected chi connectivity index (χ2v) is 5.67. The number of piperidine rings is 1. The molecule has 116 valence electrons. The quantitative estimate of drug-likeness (QED) is 0.922. The summed E-state index contributed by atoms with van der Waals surface area (Å²) < 4.78 is 5.23. The van der Waals surface area contributed by atoms with Crippen LogP contribution in [-0.2, 0) is 6.54 Å². The Balaban J connectivity index is 1.77. The predicted molar refractivity (Wildman–Crippen MR) is 83.5 cm³/mol. The van der Waals surface area contributed by atoms with Gasteiger partial charge >= 0.3 is 6.03 Å². The van der Waals surface area contributed by atoms with E-state index in [1.807, 2.05) is 17.0 Å². The molecule has 0 spiro atoms. The lowest BCUT2D eigenvalue weighted by Gasteiger charge is -2.34. The van der Waals surface area contributed by atoms with E-state index >= 15 is 0 Å². The van der Waals surface area contributed by atoms with Gasteiger partial charge in [-0.1, -0.05) is 12.1 Å². The van der Waals surface area contributed by atoms with E-state index in [9.17, 15) is 4.79 Å². The number of likely N-dealkylation sites (tertiary alicyclic amines) is 1. The van der Waals surface area contributed by atoms with E-state index in [2.05, 4.69) is 17.4 Å². The van der Waals surface area contributed by atoms with Gasteiger partial charge in [-0.25, -0.2) is 4.79 Å². The third-order valence-corrected chi connectivity index (χ3v) is 3.88. The van der Waals surface area contributed by atoms with Crippen LogP contribution in [0.3, 0.4) is 0 Å². The Kier molecular flexibility index (Phi) is 5.44. The van der Waals surface area contributed by atoms with Crippen molar-refractivity contribution in [1.82, 2.24) is 15.1 Å². The normalized spacial score (nSPS) is 15.9. The maximum Gasteiger partial charge on any atom is 0.319 e. The summed E-state index contributed by atoms with van der Waals surface area (Å²) in [7, 11) is 5.29. The minimum absolute atomic E-state index is 0.112. The highest BCUT2D eigenvalue weighted by Crippen LogP contribution is 2.15. The molecule has 1 N–H and O–H groups in total. The topological polar surface area (TPSA) is 44.8 Å². The van der Waals surface area contributed by atoms with E-state index in [1.165, 1.54) is 5.56 Å². The minimum atomic E-state index is 0.112. The molecule has 1 aromatic carbocycles. The van der Waals surface area contributed by atoms with Crippen molar-refractivity contribution in [1.29, 1.82) is 0 Å². The molecule has 0 atom stereocenters. The van der Waals surface area contributed by atoms with E-state index in [0.717, 1.165) is 38.2 Å².